The molecule has 2 aromatic heterocycles. The van der Waals surface area contributed by atoms with Crippen molar-refractivity contribution in [3.05, 3.63) is 72.1 Å². The molecule has 1 atom stereocenters. The molecule has 2 N–H and O–H groups in total. The fourth-order valence-electron chi connectivity index (χ4n) is 3.82. The van der Waals surface area contributed by atoms with Crippen LogP contribution in [0.15, 0.2) is 60.2 Å². The molecule has 4 rings (SSSR count). The molecule has 1 amide bonds. The minimum Gasteiger partial charge on any atom is -0.464 e. The molecule has 0 fully saturated rings. The van der Waals surface area contributed by atoms with Crippen LogP contribution >= 0.6 is 0 Å². The highest BCUT2D eigenvalue weighted by Gasteiger charge is 2.50. The average Bonchev–Trinajstić information content (AvgIpc) is 3.35. The zero-order valence-electron chi connectivity index (χ0n) is 17.5. The van der Waals surface area contributed by atoms with Crippen molar-refractivity contribution in [1.82, 2.24) is 19.4 Å². The lowest BCUT2D eigenvalue weighted by atomic mass is 9.83. The van der Waals surface area contributed by atoms with Crippen LogP contribution in [0.3, 0.4) is 0 Å². The number of alkyl halides is 1. The van der Waals surface area contributed by atoms with Gasteiger partial charge in [0.25, 0.3) is 5.91 Å². The molecule has 0 bridgehead atoms. The molecule has 1 unspecified atom stereocenters. The second-order valence-electron chi connectivity index (χ2n) is 7.24. The smallest absolute Gasteiger partial charge is 0.354 e. The molecule has 0 spiro atoms. The molecular formula is C22H21FN6O3. The first-order valence-corrected chi connectivity index (χ1v) is 9.76. The third-order valence-electron chi connectivity index (χ3n) is 5.45. The van der Waals surface area contributed by atoms with Gasteiger partial charge in [-0.3, -0.25) is 9.69 Å². The van der Waals surface area contributed by atoms with Gasteiger partial charge in [0, 0.05) is 36.8 Å². The summed E-state index contributed by atoms with van der Waals surface area (Å²) in [4.78, 5) is 39.7. The van der Waals surface area contributed by atoms with Crippen molar-refractivity contribution in [3.63, 3.8) is 0 Å². The highest BCUT2D eigenvalue weighted by molar-refractivity contribution is 6.09. The lowest BCUT2D eigenvalue weighted by molar-refractivity contribution is -0.129. The Morgan fingerprint density at radius 3 is 2.56 bits per heavy atom. The summed E-state index contributed by atoms with van der Waals surface area (Å²) >= 11 is 0. The molecule has 3 aromatic rings. The third kappa shape index (κ3) is 3.29. The highest BCUT2D eigenvalue weighted by Crippen LogP contribution is 2.41. The van der Waals surface area contributed by atoms with Crippen molar-refractivity contribution in [2.24, 2.45) is 10.7 Å². The highest BCUT2D eigenvalue weighted by atomic mass is 19.1. The maximum Gasteiger partial charge on any atom is 0.354 e. The number of ether oxygens (including phenoxy) is 1. The van der Waals surface area contributed by atoms with Gasteiger partial charge in [-0.05, 0) is 23.3 Å². The number of aliphatic imine (C=N–C) groups is 1. The fourth-order valence-corrected chi connectivity index (χ4v) is 3.82. The number of esters is 1. The van der Waals surface area contributed by atoms with Crippen molar-refractivity contribution in [1.29, 1.82) is 0 Å². The summed E-state index contributed by atoms with van der Waals surface area (Å²) < 4.78 is 19.4. The number of hydrogen-bond donors (Lipinski definition) is 1. The summed E-state index contributed by atoms with van der Waals surface area (Å²) in [6.07, 6.45) is 6.29. The molecule has 1 aliphatic heterocycles. The maximum atomic E-state index is 13.5. The quantitative estimate of drug-likeness (QED) is 0.589. The van der Waals surface area contributed by atoms with E-state index in [0.717, 1.165) is 11.1 Å². The molecule has 10 heteroatoms. The fraction of sp³-hybridized carbons (Fsp3) is 0.227. The zero-order chi connectivity index (χ0) is 22.9. The van der Waals surface area contributed by atoms with Crippen LogP contribution in [-0.4, -0.2) is 58.1 Å². The number of nitrogens with two attached hydrogens (primary N) is 1. The Hall–Kier alpha value is -4.08. The molecule has 1 aromatic carbocycles. The van der Waals surface area contributed by atoms with Gasteiger partial charge in [-0.25, -0.2) is 24.1 Å². The number of carbonyl (C=O) groups is 2. The average molecular weight is 436 g/mol. The van der Waals surface area contributed by atoms with Crippen LogP contribution in [-0.2, 0) is 21.6 Å². The van der Waals surface area contributed by atoms with E-state index in [4.69, 9.17) is 10.5 Å². The molecule has 164 valence electrons. The molecule has 0 saturated heterocycles. The van der Waals surface area contributed by atoms with Gasteiger partial charge >= 0.3 is 5.97 Å². The van der Waals surface area contributed by atoms with Gasteiger partial charge in [0.1, 0.15) is 18.7 Å². The second-order valence-corrected chi connectivity index (χ2v) is 7.24. The Labute approximate surface area is 183 Å². The van der Waals surface area contributed by atoms with E-state index in [1.54, 1.807) is 30.6 Å². The predicted molar refractivity (Wildman–Crippen MR) is 114 cm³/mol. The molecule has 0 saturated carbocycles. The van der Waals surface area contributed by atoms with Crippen molar-refractivity contribution >= 4 is 17.8 Å². The van der Waals surface area contributed by atoms with Crippen LogP contribution in [0.1, 0.15) is 21.6 Å². The van der Waals surface area contributed by atoms with Crippen LogP contribution < -0.4 is 5.73 Å². The first-order valence-electron chi connectivity index (χ1n) is 9.76. The number of likely N-dealkylation sites (N-methyl/N-ethyl adjacent to an activating group) is 1. The van der Waals surface area contributed by atoms with E-state index in [9.17, 15) is 14.0 Å². The standard InChI is InChI=1S/C22H21FN6O3/c1-28-20(31)22(27-21(28)24,17-9-18(19(30)32-2)29(12-17)7-6-23)16-5-3-4-14(8-16)15-10-25-13-26-11-15/h3-5,8-13H,6-7H2,1-2H3,(H2,24,27). The zero-order valence-corrected chi connectivity index (χ0v) is 17.5. The third-order valence-corrected chi connectivity index (χ3v) is 5.45. The summed E-state index contributed by atoms with van der Waals surface area (Å²) in [6, 6.07) is 8.70. The summed E-state index contributed by atoms with van der Waals surface area (Å²) in [5.41, 5.74) is 7.04. The maximum absolute atomic E-state index is 13.5. The first kappa shape index (κ1) is 21.2. The summed E-state index contributed by atoms with van der Waals surface area (Å²) in [5.74, 6) is -1.02. The lowest BCUT2D eigenvalue weighted by Gasteiger charge is -2.25. The number of guanidine groups is 1. The number of aromatic nitrogens is 3. The number of hydrogen-bond acceptors (Lipinski definition) is 7. The molecule has 3 heterocycles. The van der Waals surface area contributed by atoms with Crippen molar-refractivity contribution in [2.45, 2.75) is 12.1 Å². The Balaban J connectivity index is 1.94. The van der Waals surface area contributed by atoms with Gasteiger partial charge < -0.3 is 15.0 Å². The van der Waals surface area contributed by atoms with E-state index in [1.165, 1.54) is 42.2 Å². The van der Waals surface area contributed by atoms with E-state index in [2.05, 4.69) is 15.0 Å². The SMILES string of the molecule is COC(=O)c1cc(C2(c3cccc(-c4cncnc4)c3)N=C(N)N(C)C2=O)cn1CCF. The molecule has 9 nitrogen and oxygen atoms in total. The Kier molecular flexibility index (Phi) is 5.43. The van der Waals surface area contributed by atoms with Gasteiger partial charge in [0.05, 0.1) is 13.7 Å². The minimum absolute atomic E-state index is 0.0290. The van der Waals surface area contributed by atoms with E-state index >= 15 is 0 Å². The van der Waals surface area contributed by atoms with Crippen LogP contribution in [0.5, 0.6) is 0 Å². The van der Waals surface area contributed by atoms with Crippen LogP contribution in [0, 0.1) is 0 Å². The lowest BCUT2D eigenvalue weighted by Crippen LogP contribution is -2.41. The van der Waals surface area contributed by atoms with Crippen molar-refractivity contribution in [2.75, 3.05) is 20.8 Å². The minimum atomic E-state index is -1.55. The molecule has 0 radical (unpaired) electrons. The van der Waals surface area contributed by atoms with Gasteiger partial charge in [-0.15, -0.1) is 0 Å². The second kappa shape index (κ2) is 8.22. The number of rotatable bonds is 6. The van der Waals surface area contributed by atoms with E-state index < -0.39 is 24.1 Å². The Bertz CT molecular complexity index is 1210. The summed E-state index contributed by atoms with van der Waals surface area (Å²) in [6.45, 7) is -0.779. The topological polar surface area (TPSA) is 116 Å². The largest absolute Gasteiger partial charge is 0.464 e. The van der Waals surface area contributed by atoms with E-state index in [0.29, 0.717) is 11.1 Å². The van der Waals surface area contributed by atoms with Crippen LogP contribution in [0.2, 0.25) is 0 Å². The monoisotopic (exact) mass is 436 g/mol. The summed E-state index contributed by atoms with van der Waals surface area (Å²) in [7, 11) is 2.76. The van der Waals surface area contributed by atoms with E-state index in [1.807, 2.05) is 6.07 Å². The molecular weight excluding hydrogens is 415 g/mol. The molecule has 1 aliphatic rings. The number of carbonyl (C=O) groups excluding carboxylic acids is 2. The Morgan fingerprint density at radius 1 is 1.19 bits per heavy atom. The van der Waals surface area contributed by atoms with Crippen LogP contribution in [0.4, 0.5) is 4.39 Å². The summed E-state index contributed by atoms with van der Waals surface area (Å²) in [5, 5.41) is 0. The van der Waals surface area contributed by atoms with E-state index in [-0.39, 0.29) is 18.2 Å². The normalized spacial score (nSPS) is 18.0. The molecule has 0 aliphatic carbocycles. The van der Waals surface area contributed by atoms with Gasteiger partial charge in [-0.2, -0.15) is 0 Å². The number of amides is 1. The first-order chi connectivity index (χ1) is 15.4. The van der Waals surface area contributed by atoms with Gasteiger partial charge in [-0.1, -0.05) is 18.2 Å². The number of nitrogens with zero attached hydrogens (tertiary/aromatic N) is 5. The molecule has 32 heavy (non-hydrogen) atoms. The van der Waals surface area contributed by atoms with Crippen molar-refractivity contribution in [3.8, 4) is 11.1 Å². The predicted octanol–water partition coefficient (Wildman–Crippen LogP) is 1.73. The number of methoxy groups -OCH3 is 1. The van der Waals surface area contributed by atoms with Gasteiger partial charge in [0.2, 0.25) is 0 Å². The van der Waals surface area contributed by atoms with Gasteiger partial charge in [0.15, 0.2) is 11.5 Å². The number of aryl methyl sites for hydroxylation is 1. The number of halogens is 1. The van der Waals surface area contributed by atoms with Crippen LogP contribution in [0.25, 0.3) is 11.1 Å². The Morgan fingerprint density at radius 2 is 1.94 bits per heavy atom. The number of benzene rings is 1. The van der Waals surface area contributed by atoms with Crippen molar-refractivity contribution < 1.29 is 18.7 Å².